The van der Waals surface area contributed by atoms with Crippen LogP contribution in [0.25, 0.3) is 28.1 Å². The van der Waals surface area contributed by atoms with Crippen molar-refractivity contribution in [1.82, 2.24) is 24.6 Å². The Morgan fingerprint density at radius 3 is 2.28 bits per heavy atom. The maximum atomic E-state index is 12.4. The van der Waals surface area contributed by atoms with E-state index < -0.39 is 11.5 Å². The van der Waals surface area contributed by atoms with Crippen LogP contribution in [0.4, 0.5) is 8.78 Å². The highest BCUT2D eigenvalue weighted by molar-refractivity contribution is 5.80. The number of fused-ring (bicyclic) bond motifs is 1. The molecule has 10 heteroatoms. The molecular weight excluding hydrogens is 504 g/mol. The monoisotopic (exact) mass is 541 g/mol. The first kappa shape index (κ1) is 30.0. The second-order valence-electron chi connectivity index (χ2n) is 10.6. The number of pyridine rings is 1. The molecule has 0 saturated carbocycles. The minimum atomic E-state index is -2.38. The highest BCUT2D eigenvalue weighted by Gasteiger charge is 2.32. The molecule has 0 atom stereocenters. The minimum Gasteiger partial charge on any atom is -0.390 e. The van der Waals surface area contributed by atoms with E-state index in [0.717, 1.165) is 40.0 Å². The minimum absolute atomic E-state index is 0.0312. The predicted molar refractivity (Wildman–Crippen MR) is 147 cm³/mol. The number of carbonyl (C=O) groups is 1. The van der Waals surface area contributed by atoms with Crippen LogP contribution in [0.2, 0.25) is 0 Å². The van der Waals surface area contributed by atoms with Gasteiger partial charge in [0.05, 0.1) is 5.60 Å². The van der Waals surface area contributed by atoms with Crippen molar-refractivity contribution in [2.45, 2.75) is 64.9 Å². The van der Waals surface area contributed by atoms with Crippen molar-refractivity contribution in [1.29, 1.82) is 0 Å². The first-order chi connectivity index (χ1) is 18.4. The van der Waals surface area contributed by atoms with Gasteiger partial charge < -0.3 is 19.3 Å². The molecule has 0 bridgehead atoms. The van der Waals surface area contributed by atoms with E-state index in [4.69, 9.17) is 9.32 Å². The quantitative estimate of drug-likeness (QED) is 0.353. The lowest BCUT2D eigenvalue weighted by Crippen LogP contribution is -2.36. The largest absolute Gasteiger partial charge is 0.390 e. The number of rotatable bonds is 5. The van der Waals surface area contributed by atoms with Crippen LogP contribution < -0.4 is 0 Å². The van der Waals surface area contributed by atoms with E-state index in [1.54, 1.807) is 6.92 Å². The molecule has 3 aromatic heterocycles. The second-order valence-corrected chi connectivity index (χ2v) is 10.6. The van der Waals surface area contributed by atoms with Crippen molar-refractivity contribution in [3.63, 3.8) is 0 Å². The standard InChI is InChI=1S/C22H24N4O2.C6H11F2N.CH2O/c1-14-11-17-12-19(9-10-22(3,4)27)26(21(17)23-13-14)18-7-5-16(6-8-18)20-24-15(2)28-25-20;1-9-4-2-6(7,8)3-5-9;1-2/h5-8,11-13,27H,9-10H2,1-4H3;2-5H2,1H3;1H2. The number of aromatic nitrogens is 4. The van der Waals surface area contributed by atoms with Gasteiger partial charge in [-0.25, -0.2) is 13.8 Å². The van der Waals surface area contributed by atoms with Crippen LogP contribution >= 0.6 is 0 Å². The van der Waals surface area contributed by atoms with E-state index in [-0.39, 0.29) is 12.8 Å². The maximum absolute atomic E-state index is 12.4. The van der Waals surface area contributed by atoms with E-state index in [0.29, 0.717) is 31.2 Å². The molecular formula is C29H37F2N5O3. The fourth-order valence-electron chi connectivity index (χ4n) is 4.29. The van der Waals surface area contributed by atoms with Gasteiger partial charge in [0.15, 0.2) is 0 Å². The number of benzene rings is 1. The Balaban J connectivity index is 0.000000322. The highest BCUT2D eigenvalue weighted by atomic mass is 19.3. The van der Waals surface area contributed by atoms with Gasteiger partial charge >= 0.3 is 0 Å². The predicted octanol–water partition coefficient (Wildman–Crippen LogP) is 5.56. The van der Waals surface area contributed by atoms with Gasteiger partial charge in [-0.1, -0.05) is 5.16 Å². The van der Waals surface area contributed by atoms with E-state index in [1.807, 2.05) is 70.0 Å². The molecule has 8 nitrogen and oxygen atoms in total. The molecule has 0 amide bonds. The lowest BCUT2D eigenvalue weighted by Gasteiger charge is -2.28. The zero-order chi connectivity index (χ0) is 28.8. The fourth-order valence-corrected chi connectivity index (χ4v) is 4.29. The Kier molecular flexibility index (Phi) is 9.68. The number of likely N-dealkylation sites (tertiary alicyclic amines) is 1. The third-order valence-electron chi connectivity index (χ3n) is 6.48. The summed E-state index contributed by atoms with van der Waals surface area (Å²) in [6.07, 6.45) is 3.37. The first-order valence-corrected chi connectivity index (χ1v) is 12.9. The molecule has 4 heterocycles. The third-order valence-corrected chi connectivity index (χ3v) is 6.48. The molecule has 1 fully saturated rings. The van der Waals surface area contributed by atoms with Crippen LogP contribution in [0.3, 0.4) is 0 Å². The first-order valence-electron chi connectivity index (χ1n) is 12.9. The molecule has 0 unspecified atom stereocenters. The van der Waals surface area contributed by atoms with E-state index in [9.17, 15) is 13.9 Å². The molecule has 0 spiro atoms. The lowest BCUT2D eigenvalue weighted by molar-refractivity contribution is -0.0980. The van der Waals surface area contributed by atoms with Gasteiger partial charge in [0, 0.05) is 61.4 Å². The normalized spacial score (nSPS) is 15.3. The summed E-state index contributed by atoms with van der Waals surface area (Å²) in [7, 11) is 1.87. The zero-order valence-corrected chi connectivity index (χ0v) is 23.2. The summed E-state index contributed by atoms with van der Waals surface area (Å²) in [5.74, 6) is -1.26. The van der Waals surface area contributed by atoms with E-state index >= 15 is 0 Å². The van der Waals surface area contributed by atoms with Crippen molar-refractivity contribution in [3.05, 3.63) is 59.7 Å². The van der Waals surface area contributed by atoms with Gasteiger partial charge in [0.25, 0.3) is 5.92 Å². The van der Waals surface area contributed by atoms with Crippen molar-refractivity contribution < 1.29 is 23.2 Å². The van der Waals surface area contributed by atoms with Crippen LogP contribution in [0, 0.1) is 13.8 Å². The van der Waals surface area contributed by atoms with Crippen LogP contribution in [-0.4, -0.2) is 68.1 Å². The van der Waals surface area contributed by atoms with Gasteiger partial charge in [-0.3, -0.25) is 4.57 Å². The molecule has 0 radical (unpaired) electrons. The van der Waals surface area contributed by atoms with Crippen LogP contribution in [0.5, 0.6) is 0 Å². The van der Waals surface area contributed by atoms with Gasteiger partial charge in [-0.05, 0) is 82.6 Å². The summed E-state index contributed by atoms with van der Waals surface area (Å²) in [5, 5.41) is 15.3. The Morgan fingerprint density at radius 2 is 1.74 bits per heavy atom. The molecule has 1 aliphatic heterocycles. The number of hydrogen-bond acceptors (Lipinski definition) is 7. The Bertz CT molecular complexity index is 1350. The topological polar surface area (TPSA) is 97.3 Å². The van der Waals surface area contributed by atoms with E-state index in [2.05, 4.69) is 31.8 Å². The molecule has 1 N–H and O–H groups in total. The molecule has 210 valence electrons. The number of nitrogens with zero attached hydrogens (tertiary/aromatic N) is 5. The van der Waals surface area contributed by atoms with Crippen molar-refractivity contribution in [2.75, 3.05) is 20.1 Å². The molecule has 0 aliphatic carbocycles. The molecule has 39 heavy (non-hydrogen) atoms. The Morgan fingerprint density at radius 1 is 1.10 bits per heavy atom. The Labute approximate surface area is 227 Å². The van der Waals surface area contributed by atoms with Gasteiger partial charge in [0.2, 0.25) is 11.7 Å². The molecule has 1 saturated heterocycles. The maximum Gasteiger partial charge on any atom is 0.250 e. The lowest BCUT2D eigenvalue weighted by atomic mass is 10.0. The number of alkyl halides is 2. The highest BCUT2D eigenvalue weighted by Crippen LogP contribution is 2.28. The number of halogens is 2. The third kappa shape index (κ3) is 8.24. The van der Waals surface area contributed by atoms with Gasteiger partial charge in [0.1, 0.15) is 12.4 Å². The number of aliphatic hydroxyl groups is 1. The zero-order valence-electron chi connectivity index (χ0n) is 23.2. The van der Waals surface area contributed by atoms with Crippen LogP contribution in [-0.2, 0) is 11.2 Å². The van der Waals surface area contributed by atoms with Crippen LogP contribution in [0.15, 0.2) is 47.1 Å². The number of aryl methyl sites for hydroxylation is 3. The summed E-state index contributed by atoms with van der Waals surface area (Å²) in [6, 6.07) is 12.4. The van der Waals surface area contributed by atoms with Crippen molar-refractivity contribution >= 4 is 17.8 Å². The average molecular weight is 542 g/mol. The van der Waals surface area contributed by atoms with Crippen molar-refractivity contribution in [3.8, 4) is 17.1 Å². The molecule has 1 aliphatic rings. The molecule has 5 rings (SSSR count). The Hall–Kier alpha value is -3.50. The SMILES string of the molecule is C=O.CN1CCC(F)(F)CC1.Cc1cnc2c(c1)cc(CCC(C)(C)O)n2-c1ccc(-c2noc(C)n2)cc1. The van der Waals surface area contributed by atoms with Crippen LogP contribution in [0.1, 0.15) is 50.3 Å². The molecule has 4 aromatic rings. The summed E-state index contributed by atoms with van der Waals surface area (Å²) in [6.45, 7) is 10.6. The summed E-state index contributed by atoms with van der Waals surface area (Å²) in [5.41, 5.74) is 4.37. The van der Waals surface area contributed by atoms with Gasteiger partial charge in [-0.15, -0.1) is 0 Å². The molecule has 1 aromatic carbocycles. The average Bonchev–Trinajstić information content (AvgIpc) is 3.49. The van der Waals surface area contributed by atoms with Crippen molar-refractivity contribution in [2.24, 2.45) is 0 Å². The second kappa shape index (κ2) is 12.6. The summed E-state index contributed by atoms with van der Waals surface area (Å²) >= 11 is 0. The smallest absolute Gasteiger partial charge is 0.250 e. The number of hydrogen-bond donors (Lipinski definition) is 1. The fraction of sp³-hybridized carbons (Fsp3) is 0.448. The number of carbonyl (C=O) groups excluding carboxylic acids is 1. The summed E-state index contributed by atoms with van der Waals surface area (Å²) < 4.78 is 31.9. The van der Waals surface area contributed by atoms with E-state index in [1.165, 1.54) is 0 Å². The number of piperidine rings is 1. The van der Waals surface area contributed by atoms with Gasteiger partial charge in [-0.2, -0.15) is 4.98 Å². The summed E-state index contributed by atoms with van der Waals surface area (Å²) in [4.78, 5) is 18.9.